The highest BCUT2D eigenvalue weighted by Gasteiger charge is 2.02. The number of aliphatic hydroxyl groups is 1. The maximum Gasteiger partial charge on any atom is 0.243 e. The number of aliphatic hydroxyl groups excluding tert-OH is 1. The van der Waals surface area contributed by atoms with Crippen molar-refractivity contribution in [1.29, 1.82) is 0 Å². The van der Waals surface area contributed by atoms with E-state index in [0.29, 0.717) is 0 Å². The monoisotopic (exact) mass is 229 g/mol. The molecule has 1 aromatic rings. The van der Waals surface area contributed by atoms with Gasteiger partial charge in [-0.2, -0.15) is 11.8 Å². The van der Waals surface area contributed by atoms with Crippen molar-refractivity contribution in [2.75, 3.05) is 18.1 Å². The standard InChI is InChI=1S/C11H21N2OS/c1-2-3-4-12-5-6-13(11-12)7-9-15-10-8-14/h5-6,11,14H,2-4,7-10H2,1H3/q+1. The van der Waals surface area contributed by atoms with Crippen molar-refractivity contribution in [2.45, 2.75) is 32.9 Å². The molecule has 86 valence electrons. The molecule has 0 amide bonds. The molecule has 0 aliphatic heterocycles. The number of aryl methyl sites for hydroxylation is 2. The number of imidazole rings is 1. The second-order valence-electron chi connectivity index (χ2n) is 3.58. The zero-order chi connectivity index (χ0) is 10.9. The lowest BCUT2D eigenvalue weighted by Crippen LogP contribution is -2.30. The van der Waals surface area contributed by atoms with Gasteiger partial charge >= 0.3 is 0 Å². The number of thioether (sulfide) groups is 1. The summed E-state index contributed by atoms with van der Waals surface area (Å²) in [5.41, 5.74) is 0. The van der Waals surface area contributed by atoms with Crippen LogP contribution in [0.5, 0.6) is 0 Å². The highest BCUT2D eigenvalue weighted by atomic mass is 32.2. The summed E-state index contributed by atoms with van der Waals surface area (Å²) in [6, 6.07) is 0. The van der Waals surface area contributed by atoms with E-state index in [9.17, 15) is 0 Å². The molecule has 0 bridgehead atoms. The van der Waals surface area contributed by atoms with Crippen LogP contribution in [-0.4, -0.2) is 27.8 Å². The van der Waals surface area contributed by atoms with Gasteiger partial charge in [-0.15, -0.1) is 0 Å². The molecule has 1 N–H and O–H groups in total. The van der Waals surface area contributed by atoms with Gasteiger partial charge in [0.15, 0.2) is 0 Å². The molecule has 15 heavy (non-hydrogen) atoms. The minimum atomic E-state index is 0.285. The van der Waals surface area contributed by atoms with Crippen LogP contribution in [0.3, 0.4) is 0 Å². The van der Waals surface area contributed by atoms with Gasteiger partial charge in [-0.3, -0.25) is 0 Å². The molecule has 0 atom stereocenters. The van der Waals surface area contributed by atoms with E-state index in [4.69, 9.17) is 5.11 Å². The van der Waals surface area contributed by atoms with Crippen molar-refractivity contribution >= 4 is 11.8 Å². The van der Waals surface area contributed by atoms with Crippen molar-refractivity contribution in [3.05, 3.63) is 18.7 Å². The Morgan fingerprint density at radius 2 is 2.27 bits per heavy atom. The first-order valence-electron chi connectivity index (χ1n) is 5.60. The zero-order valence-corrected chi connectivity index (χ0v) is 10.2. The predicted molar refractivity (Wildman–Crippen MR) is 63.9 cm³/mol. The lowest BCUT2D eigenvalue weighted by atomic mass is 10.3. The maximum absolute atomic E-state index is 8.63. The van der Waals surface area contributed by atoms with E-state index >= 15 is 0 Å². The van der Waals surface area contributed by atoms with Crippen LogP contribution in [-0.2, 0) is 13.1 Å². The molecule has 0 radical (unpaired) electrons. The second kappa shape index (κ2) is 7.77. The Labute approximate surface area is 96.1 Å². The van der Waals surface area contributed by atoms with E-state index in [1.54, 1.807) is 11.8 Å². The first-order valence-corrected chi connectivity index (χ1v) is 6.75. The molecule has 0 spiro atoms. The summed E-state index contributed by atoms with van der Waals surface area (Å²) in [5.74, 6) is 1.92. The Kier molecular flexibility index (Phi) is 6.52. The molecule has 3 nitrogen and oxygen atoms in total. The van der Waals surface area contributed by atoms with E-state index in [1.807, 2.05) is 0 Å². The summed E-state index contributed by atoms with van der Waals surface area (Å²) in [6.45, 7) is 4.65. The smallest absolute Gasteiger partial charge is 0.243 e. The second-order valence-corrected chi connectivity index (χ2v) is 4.80. The molecule has 0 saturated carbocycles. The molecule has 1 aromatic heterocycles. The van der Waals surface area contributed by atoms with Gasteiger partial charge in [-0.25, -0.2) is 9.13 Å². The van der Waals surface area contributed by atoms with Crippen LogP contribution in [0.25, 0.3) is 0 Å². The maximum atomic E-state index is 8.63. The van der Waals surface area contributed by atoms with Crippen LogP contribution in [0.4, 0.5) is 0 Å². The van der Waals surface area contributed by atoms with E-state index in [1.165, 1.54) is 12.8 Å². The van der Waals surface area contributed by atoms with Gasteiger partial charge in [-0.05, 0) is 6.42 Å². The normalized spacial score (nSPS) is 10.8. The zero-order valence-electron chi connectivity index (χ0n) is 9.43. The first-order chi connectivity index (χ1) is 7.36. The third kappa shape index (κ3) is 5.23. The number of unbranched alkanes of at least 4 members (excludes halogenated alkanes) is 1. The lowest BCUT2D eigenvalue weighted by molar-refractivity contribution is -0.696. The lowest BCUT2D eigenvalue weighted by Gasteiger charge is -1.96. The minimum absolute atomic E-state index is 0.285. The molecule has 0 fully saturated rings. The van der Waals surface area contributed by atoms with Crippen molar-refractivity contribution in [2.24, 2.45) is 0 Å². The Morgan fingerprint density at radius 3 is 3.00 bits per heavy atom. The van der Waals surface area contributed by atoms with Crippen LogP contribution in [0.2, 0.25) is 0 Å². The number of hydrogen-bond donors (Lipinski definition) is 1. The summed E-state index contributed by atoms with van der Waals surface area (Å²) < 4.78 is 4.44. The number of hydrogen-bond acceptors (Lipinski definition) is 2. The van der Waals surface area contributed by atoms with Gasteiger partial charge in [0, 0.05) is 11.5 Å². The number of rotatable bonds is 8. The van der Waals surface area contributed by atoms with E-state index < -0.39 is 0 Å². The summed E-state index contributed by atoms with van der Waals surface area (Å²) in [4.78, 5) is 0. The van der Waals surface area contributed by atoms with Crippen LogP contribution in [0, 0.1) is 0 Å². The van der Waals surface area contributed by atoms with Gasteiger partial charge in [-0.1, -0.05) is 13.3 Å². The fraction of sp³-hybridized carbons (Fsp3) is 0.727. The van der Waals surface area contributed by atoms with Crippen LogP contribution in [0.15, 0.2) is 18.7 Å². The molecule has 0 unspecified atom stereocenters. The fourth-order valence-corrected chi connectivity index (χ4v) is 2.05. The van der Waals surface area contributed by atoms with Crippen LogP contribution >= 0.6 is 11.8 Å². The van der Waals surface area contributed by atoms with E-state index in [-0.39, 0.29) is 6.61 Å². The Balaban J connectivity index is 2.20. The van der Waals surface area contributed by atoms with Gasteiger partial charge in [0.05, 0.1) is 19.7 Å². The van der Waals surface area contributed by atoms with Gasteiger partial charge < -0.3 is 5.11 Å². The molecule has 0 aliphatic carbocycles. The highest BCUT2D eigenvalue weighted by Crippen LogP contribution is 1.99. The number of aromatic nitrogens is 2. The van der Waals surface area contributed by atoms with E-state index in [0.717, 1.165) is 24.6 Å². The average Bonchev–Trinajstić information content (AvgIpc) is 2.69. The van der Waals surface area contributed by atoms with Crippen molar-refractivity contribution in [3.8, 4) is 0 Å². The summed E-state index contributed by atoms with van der Waals surface area (Å²) in [6.07, 6.45) is 8.90. The van der Waals surface area contributed by atoms with Crippen LogP contribution in [0.1, 0.15) is 19.8 Å². The average molecular weight is 229 g/mol. The fourth-order valence-electron chi connectivity index (χ4n) is 1.38. The molecular formula is C11H21N2OS+. The quantitative estimate of drug-likeness (QED) is 0.538. The first kappa shape index (κ1) is 12.6. The molecule has 1 rings (SSSR count). The molecule has 1 heterocycles. The molecule has 4 heteroatoms. The molecule has 0 aliphatic rings. The molecule has 0 aromatic carbocycles. The minimum Gasteiger partial charge on any atom is -0.396 e. The highest BCUT2D eigenvalue weighted by molar-refractivity contribution is 7.99. The Hall–Kier alpha value is -0.480. The third-order valence-electron chi connectivity index (χ3n) is 2.25. The Morgan fingerprint density at radius 1 is 1.40 bits per heavy atom. The molecule has 0 saturated heterocycles. The van der Waals surface area contributed by atoms with Crippen molar-refractivity contribution in [1.82, 2.24) is 4.57 Å². The predicted octanol–water partition coefficient (Wildman–Crippen LogP) is 1.30. The SMILES string of the molecule is CCCC[n+]1ccn(CCSCCO)c1. The summed E-state index contributed by atoms with van der Waals surface area (Å²) in [5, 5.41) is 8.63. The Bertz CT molecular complexity index is 263. The van der Waals surface area contributed by atoms with Gasteiger partial charge in [0.2, 0.25) is 6.33 Å². The van der Waals surface area contributed by atoms with Gasteiger partial charge in [0.25, 0.3) is 0 Å². The summed E-state index contributed by atoms with van der Waals surface area (Å²) >= 11 is 1.80. The van der Waals surface area contributed by atoms with E-state index in [2.05, 4.69) is 34.8 Å². The molecular weight excluding hydrogens is 208 g/mol. The van der Waals surface area contributed by atoms with Crippen LogP contribution < -0.4 is 4.57 Å². The van der Waals surface area contributed by atoms with Crippen molar-refractivity contribution in [3.63, 3.8) is 0 Å². The summed E-state index contributed by atoms with van der Waals surface area (Å²) in [7, 11) is 0. The van der Waals surface area contributed by atoms with Gasteiger partial charge in [0.1, 0.15) is 12.4 Å². The number of nitrogens with zero attached hydrogens (tertiary/aromatic N) is 2. The topological polar surface area (TPSA) is 29.0 Å². The third-order valence-corrected chi connectivity index (χ3v) is 3.19. The van der Waals surface area contributed by atoms with Crippen molar-refractivity contribution < 1.29 is 9.67 Å². The largest absolute Gasteiger partial charge is 0.396 e.